The number of nitrogens with zero attached hydrogens (tertiary/aromatic N) is 1. The maximum atomic E-state index is 12.6. The summed E-state index contributed by atoms with van der Waals surface area (Å²) in [6.45, 7) is 0.0367. The van der Waals surface area contributed by atoms with Crippen molar-refractivity contribution in [1.29, 1.82) is 0 Å². The van der Waals surface area contributed by atoms with Gasteiger partial charge in [0.15, 0.2) is 0 Å². The number of nitrogens with one attached hydrogen (secondary N) is 1. The van der Waals surface area contributed by atoms with E-state index in [1.807, 2.05) is 12.1 Å². The highest BCUT2D eigenvalue weighted by Crippen LogP contribution is 2.41. The van der Waals surface area contributed by atoms with Gasteiger partial charge in [-0.05, 0) is 23.9 Å². The molecule has 7 heteroatoms. The summed E-state index contributed by atoms with van der Waals surface area (Å²) in [5, 5.41) is 12.8. The number of carbonyl (C=O) groups excluding carboxylic acids is 1. The van der Waals surface area contributed by atoms with E-state index < -0.39 is 10.0 Å². The SMILES string of the molecule is O=C(CN1c2cccc3cccc(c23)S1(=O)=O)NCCCO. The van der Waals surface area contributed by atoms with Crippen LogP contribution in [0.25, 0.3) is 10.8 Å². The Balaban J connectivity index is 1.94. The van der Waals surface area contributed by atoms with E-state index >= 15 is 0 Å². The van der Waals surface area contributed by atoms with Gasteiger partial charge in [-0.1, -0.05) is 24.3 Å². The van der Waals surface area contributed by atoms with E-state index in [4.69, 9.17) is 5.11 Å². The lowest BCUT2D eigenvalue weighted by molar-refractivity contribution is -0.119. The van der Waals surface area contributed by atoms with Gasteiger partial charge in [0.1, 0.15) is 6.54 Å². The van der Waals surface area contributed by atoms with E-state index in [1.54, 1.807) is 24.3 Å². The molecule has 0 unspecified atom stereocenters. The first-order chi connectivity index (χ1) is 10.6. The Kier molecular flexibility index (Phi) is 3.76. The van der Waals surface area contributed by atoms with Crippen molar-refractivity contribution in [3.8, 4) is 0 Å². The number of sulfonamides is 1. The van der Waals surface area contributed by atoms with Crippen molar-refractivity contribution in [2.45, 2.75) is 11.3 Å². The second-order valence-electron chi connectivity index (χ2n) is 5.07. The molecule has 1 heterocycles. The fourth-order valence-corrected chi connectivity index (χ4v) is 4.29. The van der Waals surface area contributed by atoms with Gasteiger partial charge in [-0.15, -0.1) is 0 Å². The van der Waals surface area contributed by atoms with Crippen LogP contribution in [0.1, 0.15) is 6.42 Å². The molecule has 0 atom stereocenters. The summed E-state index contributed by atoms with van der Waals surface area (Å²) < 4.78 is 26.4. The van der Waals surface area contributed by atoms with E-state index in [0.717, 1.165) is 9.69 Å². The highest BCUT2D eigenvalue weighted by Gasteiger charge is 2.36. The van der Waals surface area contributed by atoms with Gasteiger partial charge in [0.2, 0.25) is 5.91 Å². The number of hydrogen-bond donors (Lipinski definition) is 2. The van der Waals surface area contributed by atoms with Crippen LogP contribution in [0.4, 0.5) is 5.69 Å². The summed E-state index contributed by atoms with van der Waals surface area (Å²) in [5.41, 5.74) is 0.533. The zero-order chi connectivity index (χ0) is 15.7. The van der Waals surface area contributed by atoms with Crippen molar-refractivity contribution in [3.05, 3.63) is 36.4 Å². The molecule has 0 bridgehead atoms. The van der Waals surface area contributed by atoms with Crippen molar-refractivity contribution in [1.82, 2.24) is 5.32 Å². The van der Waals surface area contributed by atoms with Crippen LogP contribution in [-0.4, -0.2) is 39.1 Å². The van der Waals surface area contributed by atoms with Crippen molar-refractivity contribution in [3.63, 3.8) is 0 Å². The smallest absolute Gasteiger partial charge is 0.265 e. The molecule has 1 amide bonds. The Morgan fingerprint density at radius 3 is 2.64 bits per heavy atom. The zero-order valence-electron chi connectivity index (χ0n) is 11.8. The van der Waals surface area contributed by atoms with Crippen LogP contribution in [0.5, 0.6) is 0 Å². The molecule has 2 aromatic carbocycles. The Hall–Kier alpha value is -2.12. The van der Waals surface area contributed by atoms with Gasteiger partial charge in [-0.3, -0.25) is 9.10 Å². The van der Waals surface area contributed by atoms with Crippen LogP contribution in [0.3, 0.4) is 0 Å². The molecule has 1 aliphatic heterocycles. The fourth-order valence-electron chi connectivity index (χ4n) is 2.62. The monoisotopic (exact) mass is 320 g/mol. The summed E-state index contributed by atoms with van der Waals surface area (Å²) in [7, 11) is -3.70. The van der Waals surface area contributed by atoms with Crippen molar-refractivity contribution < 1.29 is 18.3 Å². The number of hydrogen-bond acceptors (Lipinski definition) is 4. The molecular weight excluding hydrogens is 304 g/mol. The average Bonchev–Trinajstić information content (AvgIpc) is 2.71. The lowest BCUT2D eigenvalue weighted by atomic mass is 10.1. The van der Waals surface area contributed by atoms with Crippen LogP contribution in [0, 0.1) is 0 Å². The van der Waals surface area contributed by atoms with Gasteiger partial charge in [-0.25, -0.2) is 8.42 Å². The lowest BCUT2D eigenvalue weighted by Crippen LogP contribution is -2.39. The number of rotatable bonds is 5. The fraction of sp³-hybridized carbons (Fsp3) is 0.267. The molecule has 2 aromatic rings. The minimum Gasteiger partial charge on any atom is -0.396 e. The molecular formula is C15H16N2O4S. The molecule has 0 fully saturated rings. The molecule has 0 spiro atoms. The predicted octanol–water partition coefficient (Wildman–Crippen LogP) is 0.847. The van der Waals surface area contributed by atoms with E-state index in [0.29, 0.717) is 24.0 Å². The first-order valence-electron chi connectivity index (χ1n) is 6.98. The Labute approximate surface area is 128 Å². The molecule has 116 valence electrons. The van der Waals surface area contributed by atoms with Crippen molar-refractivity contribution in [2.75, 3.05) is 24.0 Å². The average molecular weight is 320 g/mol. The summed E-state index contributed by atoms with van der Waals surface area (Å²) >= 11 is 0. The summed E-state index contributed by atoms with van der Waals surface area (Å²) in [6.07, 6.45) is 0.439. The van der Waals surface area contributed by atoms with E-state index in [-0.39, 0.29) is 24.0 Å². The molecule has 0 saturated heterocycles. The normalized spacial score (nSPS) is 15.2. The molecule has 22 heavy (non-hydrogen) atoms. The van der Waals surface area contributed by atoms with E-state index in [9.17, 15) is 13.2 Å². The third kappa shape index (κ3) is 2.32. The van der Waals surface area contributed by atoms with Crippen LogP contribution >= 0.6 is 0 Å². The van der Waals surface area contributed by atoms with Gasteiger partial charge in [0, 0.05) is 18.5 Å². The second-order valence-corrected chi connectivity index (χ2v) is 6.90. The molecule has 0 saturated carbocycles. The largest absolute Gasteiger partial charge is 0.396 e. The molecule has 0 aromatic heterocycles. The van der Waals surface area contributed by atoms with Crippen molar-refractivity contribution in [2.24, 2.45) is 0 Å². The third-order valence-electron chi connectivity index (χ3n) is 3.63. The van der Waals surface area contributed by atoms with Gasteiger partial charge >= 0.3 is 0 Å². The van der Waals surface area contributed by atoms with Crippen LogP contribution in [0.2, 0.25) is 0 Å². The molecule has 0 aliphatic carbocycles. The van der Waals surface area contributed by atoms with Crippen LogP contribution in [0.15, 0.2) is 41.3 Å². The Morgan fingerprint density at radius 1 is 1.18 bits per heavy atom. The van der Waals surface area contributed by atoms with Crippen LogP contribution in [-0.2, 0) is 14.8 Å². The topological polar surface area (TPSA) is 86.7 Å². The highest BCUT2D eigenvalue weighted by molar-refractivity contribution is 7.93. The number of aliphatic hydroxyl groups excluding tert-OH is 1. The number of carbonyl (C=O) groups is 1. The summed E-state index contributed by atoms with van der Waals surface area (Å²) in [5.74, 6) is -0.387. The molecule has 3 rings (SSSR count). The highest BCUT2D eigenvalue weighted by atomic mass is 32.2. The number of aliphatic hydroxyl groups is 1. The van der Waals surface area contributed by atoms with Gasteiger partial charge in [-0.2, -0.15) is 0 Å². The van der Waals surface area contributed by atoms with Crippen LogP contribution < -0.4 is 9.62 Å². The van der Waals surface area contributed by atoms with Crippen molar-refractivity contribution >= 4 is 32.4 Å². The summed E-state index contributed by atoms with van der Waals surface area (Å²) in [4.78, 5) is 12.2. The quantitative estimate of drug-likeness (QED) is 0.800. The van der Waals surface area contributed by atoms with Gasteiger partial charge in [0.05, 0.1) is 10.6 Å². The number of anilines is 1. The minimum absolute atomic E-state index is 0.0208. The molecule has 6 nitrogen and oxygen atoms in total. The van der Waals surface area contributed by atoms with Gasteiger partial charge < -0.3 is 10.4 Å². The minimum atomic E-state index is -3.70. The zero-order valence-corrected chi connectivity index (χ0v) is 12.6. The predicted molar refractivity (Wildman–Crippen MR) is 83.2 cm³/mol. The van der Waals surface area contributed by atoms with E-state index in [2.05, 4.69) is 5.32 Å². The molecule has 0 radical (unpaired) electrons. The lowest BCUT2D eigenvalue weighted by Gasteiger charge is -2.18. The standard InChI is InChI=1S/C15H16N2O4S/c18-9-3-8-16-14(19)10-17-12-6-1-4-11-5-2-7-13(15(11)12)22(17,20)21/h1-2,4-7,18H,3,8-10H2,(H,16,19). The maximum Gasteiger partial charge on any atom is 0.265 e. The Bertz CT molecular complexity index is 827. The maximum absolute atomic E-state index is 12.6. The van der Waals surface area contributed by atoms with Gasteiger partial charge in [0.25, 0.3) is 10.0 Å². The Morgan fingerprint density at radius 2 is 1.91 bits per heavy atom. The van der Waals surface area contributed by atoms with E-state index in [1.165, 1.54) is 0 Å². The number of benzene rings is 2. The summed E-state index contributed by atoms with van der Waals surface area (Å²) in [6, 6.07) is 10.4. The second kappa shape index (κ2) is 5.58. The molecule has 2 N–H and O–H groups in total. The molecule has 1 aliphatic rings. The first kappa shape index (κ1) is 14.8. The third-order valence-corrected chi connectivity index (χ3v) is 5.43. The first-order valence-corrected chi connectivity index (χ1v) is 8.42. The number of amides is 1.